The summed E-state index contributed by atoms with van der Waals surface area (Å²) in [5, 5.41) is 9.49. The van der Waals surface area contributed by atoms with E-state index < -0.39 is 11.9 Å². The van der Waals surface area contributed by atoms with Crippen molar-refractivity contribution in [1.29, 1.82) is 0 Å². The average molecular weight is 334 g/mol. The molecule has 3 nitrogen and oxygen atoms in total. The van der Waals surface area contributed by atoms with Gasteiger partial charge in [-0.1, -0.05) is 24.3 Å². The lowest BCUT2D eigenvalue weighted by Crippen LogP contribution is -2.16. The van der Waals surface area contributed by atoms with Crippen molar-refractivity contribution in [2.75, 3.05) is 0 Å². The number of benzene rings is 1. The molecule has 0 saturated heterocycles. The van der Waals surface area contributed by atoms with Crippen molar-refractivity contribution >= 4 is 21.9 Å². The van der Waals surface area contributed by atoms with Crippen LogP contribution >= 0.6 is 15.9 Å². The maximum Gasteiger partial charge on any atom is 0.312 e. The van der Waals surface area contributed by atoms with Gasteiger partial charge < -0.3 is 5.11 Å². The fraction of sp³-hybridized carbons (Fsp3) is 0.250. The second-order valence-corrected chi connectivity index (χ2v) is 5.68. The molecule has 0 saturated carbocycles. The SMILES string of the molecule is Cc1ccccc1CC(C(=O)O)c1ccc(Br)c(C)n1. The van der Waals surface area contributed by atoms with Crippen molar-refractivity contribution in [3.05, 3.63) is 63.4 Å². The van der Waals surface area contributed by atoms with Gasteiger partial charge in [-0.2, -0.15) is 0 Å². The van der Waals surface area contributed by atoms with E-state index in [4.69, 9.17) is 0 Å². The number of carbonyl (C=O) groups is 1. The summed E-state index contributed by atoms with van der Waals surface area (Å²) in [5.41, 5.74) is 3.55. The number of aliphatic carboxylic acids is 1. The summed E-state index contributed by atoms with van der Waals surface area (Å²) in [6.45, 7) is 3.86. The van der Waals surface area contributed by atoms with E-state index in [0.29, 0.717) is 12.1 Å². The molecule has 1 aromatic carbocycles. The van der Waals surface area contributed by atoms with Crippen molar-refractivity contribution in [2.45, 2.75) is 26.2 Å². The Hall–Kier alpha value is -1.68. The van der Waals surface area contributed by atoms with Gasteiger partial charge in [0.1, 0.15) is 5.92 Å². The van der Waals surface area contributed by atoms with Crippen molar-refractivity contribution in [3.63, 3.8) is 0 Å². The van der Waals surface area contributed by atoms with Gasteiger partial charge in [-0.15, -0.1) is 0 Å². The maximum atomic E-state index is 11.6. The van der Waals surface area contributed by atoms with E-state index >= 15 is 0 Å². The molecule has 104 valence electrons. The molecular weight excluding hydrogens is 318 g/mol. The minimum atomic E-state index is -0.845. The van der Waals surface area contributed by atoms with E-state index in [1.807, 2.05) is 44.2 Å². The van der Waals surface area contributed by atoms with Crippen molar-refractivity contribution in [1.82, 2.24) is 4.98 Å². The van der Waals surface area contributed by atoms with E-state index in [-0.39, 0.29) is 0 Å². The van der Waals surface area contributed by atoms with Crippen LogP contribution in [0.15, 0.2) is 40.9 Å². The van der Waals surface area contributed by atoms with Gasteiger partial charge in [-0.25, -0.2) is 0 Å². The first-order valence-electron chi connectivity index (χ1n) is 6.39. The molecule has 0 aliphatic rings. The monoisotopic (exact) mass is 333 g/mol. The van der Waals surface area contributed by atoms with E-state index in [0.717, 1.165) is 21.3 Å². The molecule has 1 N–H and O–H groups in total. The van der Waals surface area contributed by atoms with Crippen LogP contribution in [-0.4, -0.2) is 16.1 Å². The molecular formula is C16H16BrNO2. The zero-order valence-corrected chi connectivity index (χ0v) is 13.0. The first-order valence-corrected chi connectivity index (χ1v) is 7.18. The van der Waals surface area contributed by atoms with Gasteiger partial charge in [0.15, 0.2) is 0 Å². The molecule has 0 spiro atoms. The number of nitrogens with zero attached hydrogens (tertiary/aromatic N) is 1. The highest BCUT2D eigenvalue weighted by atomic mass is 79.9. The predicted octanol–water partition coefficient (Wildman–Crippen LogP) is 3.87. The predicted molar refractivity (Wildman–Crippen MR) is 81.9 cm³/mol. The van der Waals surface area contributed by atoms with Crippen LogP contribution in [0.1, 0.15) is 28.4 Å². The summed E-state index contributed by atoms with van der Waals surface area (Å²) >= 11 is 3.38. The maximum absolute atomic E-state index is 11.6. The summed E-state index contributed by atoms with van der Waals surface area (Å²) < 4.78 is 0.890. The Balaban J connectivity index is 2.34. The Morgan fingerprint density at radius 3 is 2.55 bits per heavy atom. The van der Waals surface area contributed by atoms with Crippen molar-refractivity contribution in [2.24, 2.45) is 0 Å². The minimum absolute atomic E-state index is 0.454. The van der Waals surface area contributed by atoms with Crippen LogP contribution in [0.25, 0.3) is 0 Å². The van der Waals surface area contributed by atoms with Gasteiger partial charge >= 0.3 is 5.97 Å². The molecule has 1 unspecified atom stereocenters. The smallest absolute Gasteiger partial charge is 0.312 e. The van der Waals surface area contributed by atoms with Gasteiger partial charge in [-0.05, 0) is 59.5 Å². The molecule has 4 heteroatoms. The van der Waals surface area contributed by atoms with E-state index in [9.17, 15) is 9.90 Å². The molecule has 1 heterocycles. The lowest BCUT2D eigenvalue weighted by Gasteiger charge is -2.14. The second-order valence-electron chi connectivity index (χ2n) is 4.82. The average Bonchev–Trinajstić information content (AvgIpc) is 2.41. The van der Waals surface area contributed by atoms with Crippen molar-refractivity contribution in [3.8, 4) is 0 Å². The Kier molecular flexibility index (Phi) is 4.55. The van der Waals surface area contributed by atoms with Gasteiger partial charge in [0.05, 0.1) is 11.4 Å². The number of rotatable bonds is 4. The number of halogens is 1. The third-order valence-electron chi connectivity index (χ3n) is 3.38. The van der Waals surface area contributed by atoms with Gasteiger partial charge in [0.25, 0.3) is 0 Å². The fourth-order valence-electron chi connectivity index (χ4n) is 2.13. The molecule has 2 aromatic rings. The highest BCUT2D eigenvalue weighted by Gasteiger charge is 2.22. The van der Waals surface area contributed by atoms with E-state index in [1.54, 1.807) is 6.07 Å². The molecule has 0 aliphatic carbocycles. The van der Waals surface area contributed by atoms with Crippen LogP contribution in [0.3, 0.4) is 0 Å². The first-order chi connectivity index (χ1) is 9.49. The molecule has 1 atom stereocenters. The molecule has 2 rings (SSSR count). The summed E-state index contributed by atoms with van der Waals surface area (Å²) in [4.78, 5) is 16.0. The van der Waals surface area contributed by atoms with Crippen LogP contribution in [0.4, 0.5) is 0 Å². The number of aromatic nitrogens is 1. The summed E-state index contributed by atoms with van der Waals surface area (Å²) in [6.07, 6.45) is 0.454. The number of pyridine rings is 1. The fourth-order valence-corrected chi connectivity index (χ4v) is 2.36. The van der Waals surface area contributed by atoms with Crippen LogP contribution in [-0.2, 0) is 11.2 Å². The van der Waals surface area contributed by atoms with Gasteiger partial charge in [-0.3, -0.25) is 9.78 Å². The normalized spacial score (nSPS) is 12.2. The molecule has 0 aliphatic heterocycles. The molecule has 1 aromatic heterocycles. The topological polar surface area (TPSA) is 50.2 Å². The number of carboxylic acids is 1. The third kappa shape index (κ3) is 3.25. The zero-order chi connectivity index (χ0) is 14.7. The quantitative estimate of drug-likeness (QED) is 0.923. The summed E-state index contributed by atoms with van der Waals surface area (Å²) in [6, 6.07) is 11.5. The summed E-state index contributed by atoms with van der Waals surface area (Å²) in [5.74, 6) is -1.47. The van der Waals surface area contributed by atoms with Crippen LogP contribution in [0, 0.1) is 13.8 Å². The second kappa shape index (κ2) is 6.18. The van der Waals surface area contributed by atoms with Gasteiger partial charge in [0, 0.05) is 4.47 Å². The molecule has 0 fully saturated rings. The van der Waals surface area contributed by atoms with E-state index in [1.165, 1.54) is 0 Å². The third-order valence-corrected chi connectivity index (χ3v) is 4.22. The number of hydrogen-bond acceptors (Lipinski definition) is 2. The van der Waals surface area contributed by atoms with Crippen LogP contribution < -0.4 is 0 Å². The number of carboxylic acid groups (broad SMARTS) is 1. The Bertz CT molecular complexity index is 640. The van der Waals surface area contributed by atoms with E-state index in [2.05, 4.69) is 20.9 Å². The minimum Gasteiger partial charge on any atom is -0.481 e. The standard InChI is InChI=1S/C16H16BrNO2/c1-10-5-3-4-6-12(10)9-13(16(19)20)15-8-7-14(17)11(2)18-15/h3-8,13H,9H2,1-2H3,(H,19,20). The largest absolute Gasteiger partial charge is 0.481 e. The molecule has 20 heavy (non-hydrogen) atoms. The lowest BCUT2D eigenvalue weighted by atomic mass is 9.93. The lowest BCUT2D eigenvalue weighted by molar-refractivity contribution is -0.138. The molecule has 0 radical (unpaired) electrons. The molecule has 0 amide bonds. The number of hydrogen-bond donors (Lipinski definition) is 1. The van der Waals surface area contributed by atoms with Crippen LogP contribution in [0.5, 0.6) is 0 Å². The summed E-state index contributed by atoms with van der Waals surface area (Å²) in [7, 11) is 0. The number of aryl methyl sites for hydroxylation is 2. The Labute approximate surface area is 126 Å². The molecule has 0 bridgehead atoms. The van der Waals surface area contributed by atoms with Crippen molar-refractivity contribution < 1.29 is 9.90 Å². The highest BCUT2D eigenvalue weighted by molar-refractivity contribution is 9.10. The Morgan fingerprint density at radius 2 is 1.95 bits per heavy atom. The first kappa shape index (κ1) is 14.7. The zero-order valence-electron chi connectivity index (χ0n) is 11.4. The Morgan fingerprint density at radius 1 is 1.25 bits per heavy atom. The van der Waals surface area contributed by atoms with Gasteiger partial charge in [0.2, 0.25) is 0 Å². The highest BCUT2D eigenvalue weighted by Crippen LogP contribution is 2.24. The van der Waals surface area contributed by atoms with Crippen LogP contribution in [0.2, 0.25) is 0 Å².